The van der Waals surface area contributed by atoms with E-state index in [2.05, 4.69) is 17.6 Å². The van der Waals surface area contributed by atoms with Gasteiger partial charge in [0.2, 0.25) is 0 Å². The fourth-order valence-electron chi connectivity index (χ4n) is 4.73. The molecule has 1 unspecified atom stereocenters. The molecule has 0 radical (unpaired) electrons. The quantitative estimate of drug-likeness (QED) is 0.146. The largest absolute Gasteiger partial charge is 1.00 e. The second-order valence-corrected chi connectivity index (χ2v) is 11.2. The van der Waals surface area contributed by atoms with Crippen molar-refractivity contribution in [2.75, 3.05) is 10.6 Å². The van der Waals surface area contributed by atoms with E-state index in [-0.39, 0.29) is 40.6 Å². The molecule has 0 bridgehead atoms. The minimum absolute atomic E-state index is 0. The Bertz CT molecular complexity index is 758. The smallest absolute Gasteiger partial charge is 0.744 e. The van der Waals surface area contributed by atoms with E-state index >= 15 is 0 Å². The third-order valence-corrected chi connectivity index (χ3v) is 7.62. The molecule has 0 saturated heterocycles. The van der Waals surface area contributed by atoms with Crippen molar-refractivity contribution in [1.29, 1.82) is 0 Å². The summed E-state index contributed by atoms with van der Waals surface area (Å²) in [5.41, 5.74) is 1.58. The molecule has 5 nitrogen and oxygen atoms in total. The number of rotatable bonds is 20. The van der Waals surface area contributed by atoms with Crippen LogP contribution in [0.1, 0.15) is 129 Å². The predicted octanol–water partition coefficient (Wildman–Crippen LogP) is 5.19. The zero-order chi connectivity index (χ0) is 23.8. The molecule has 1 heterocycles. The van der Waals surface area contributed by atoms with Crippen LogP contribution in [0.15, 0.2) is 23.1 Å². The molecule has 0 fully saturated rings. The van der Waals surface area contributed by atoms with Gasteiger partial charge in [-0.15, -0.1) is 0 Å². The van der Waals surface area contributed by atoms with Gasteiger partial charge in [0.05, 0.1) is 22.4 Å². The van der Waals surface area contributed by atoms with Crippen LogP contribution in [0.2, 0.25) is 0 Å². The van der Waals surface area contributed by atoms with E-state index in [0.29, 0.717) is 5.69 Å². The van der Waals surface area contributed by atoms with Crippen molar-refractivity contribution in [2.24, 2.45) is 0 Å². The van der Waals surface area contributed by atoms with Crippen molar-refractivity contribution in [3.63, 3.8) is 0 Å². The van der Waals surface area contributed by atoms with Crippen LogP contribution >= 0.6 is 0 Å². The van der Waals surface area contributed by atoms with Crippen molar-refractivity contribution in [2.45, 2.75) is 140 Å². The van der Waals surface area contributed by atoms with Crippen molar-refractivity contribution in [3.05, 3.63) is 18.2 Å². The van der Waals surface area contributed by atoms with Gasteiger partial charge < -0.3 is 15.2 Å². The third kappa shape index (κ3) is 13.7. The summed E-state index contributed by atoms with van der Waals surface area (Å²) in [6.07, 6.45) is 25.9. The molecular weight excluding hydrogens is 455 g/mol. The molecule has 0 spiro atoms. The number of nitrogens with one attached hydrogen (secondary N) is 2. The fourth-order valence-corrected chi connectivity index (χ4v) is 5.23. The Morgan fingerprint density at radius 3 is 1.53 bits per heavy atom. The summed E-state index contributed by atoms with van der Waals surface area (Å²) >= 11 is 0. The monoisotopic (exact) mass is 502 g/mol. The van der Waals surface area contributed by atoms with Crippen LogP contribution in [0.25, 0.3) is 0 Å². The van der Waals surface area contributed by atoms with Crippen LogP contribution in [-0.4, -0.2) is 19.1 Å². The molecule has 0 aliphatic carbocycles. The van der Waals surface area contributed by atoms with E-state index in [1.165, 1.54) is 121 Å². The molecule has 1 aromatic carbocycles. The normalized spacial score (nSPS) is 14.8. The molecular formula is C27H47N2NaO3S. The van der Waals surface area contributed by atoms with Gasteiger partial charge in [0.15, 0.2) is 0 Å². The zero-order valence-corrected chi connectivity index (χ0v) is 24.7. The number of benzene rings is 1. The zero-order valence-electron chi connectivity index (χ0n) is 21.9. The maximum Gasteiger partial charge on any atom is 1.00 e. The van der Waals surface area contributed by atoms with Crippen molar-refractivity contribution >= 4 is 21.5 Å². The van der Waals surface area contributed by atoms with E-state index < -0.39 is 10.1 Å². The molecule has 1 atom stereocenters. The Hall–Kier alpha value is -0.270. The van der Waals surface area contributed by atoms with E-state index in [1.54, 1.807) is 6.07 Å². The molecule has 2 rings (SSSR count). The average Bonchev–Trinajstić information content (AvgIpc) is 3.20. The Balaban J connectivity index is 0.00000578. The van der Waals surface area contributed by atoms with Crippen molar-refractivity contribution < 1.29 is 42.5 Å². The van der Waals surface area contributed by atoms with Gasteiger partial charge in [0.25, 0.3) is 0 Å². The maximum atomic E-state index is 11.2. The molecule has 0 aromatic heterocycles. The van der Waals surface area contributed by atoms with Gasteiger partial charge in [0.1, 0.15) is 10.1 Å². The Morgan fingerprint density at radius 1 is 0.676 bits per heavy atom. The molecule has 7 heteroatoms. The minimum Gasteiger partial charge on any atom is -0.744 e. The third-order valence-electron chi connectivity index (χ3n) is 6.79. The first-order chi connectivity index (χ1) is 16.0. The Kier molecular flexibility index (Phi) is 17.7. The standard InChI is InChI=1S/C27H48N2O3S.Na/c1-2-3-4-5-6-7-8-9-10-11-12-13-14-15-16-17-18-19-20-27-28-25-22-21-24(33(30,31)32)23-26(25)29-27;/h21-23,27-29H,2-20H2,1H3,(H,30,31,32);/q;+1/p-1. The maximum absolute atomic E-state index is 11.2. The van der Waals surface area contributed by atoms with Gasteiger partial charge in [-0.1, -0.05) is 116 Å². The number of hydrogen-bond donors (Lipinski definition) is 2. The van der Waals surface area contributed by atoms with Gasteiger partial charge in [-0.3, -0.25) is 0 Å². The SMILES string of the molecule is CCCCCCCCCCCCCCCCCCCCC1Nc2ccc(S(=O)(=O)[O-])cc2N1.[Na+]. The first-order valence-corrected chi connectivity index (χ1v) is 15.0. The van der Waals surface area contributed by atoms with E-state index in [1.807, 2.05) is 0 Å². The van der Waals surface area contributed by atoms with Crippen LogP contribution in [0.5, 0.6) is 0 Å². The van der Waals surface area contributed by atoms with Crippen LogP contribution in [0, 0.1) is 0 Å². The molecule has 1 aromatic rings. The second kappa shape index (κ2) is 18.9. The van der Waals surface area contributed by atoms with Gasteiger partial charge in [-0.25, -0.2) is 8.42 Å². The number of hydrogen-bond acceptors (Lipinski definition) is 5. The number of anilines is 2. The summed E-state index contributed by atoms with van der Waals surface area (Å²) in [6, 6.07) is 4.47. The molecule has 1 aliphatic heterocycles. The first-order valence-electron chi connectivity index (χ1n) is 13.6. The summed E-state index contributed by atoms with van der Waals surface area (Å²) in [5, 5.41) is 6.65. The van der Waals surface area contributed by atoms with Crippen LogP contribution in [0.3, 0.4) is 0 Å². The van der Waals surface area contributed by atoms with Gasteiger partial charge in [0, 0.05) is 0 Å². The van der Waals surface area contributed by atoms with Gasteiger partial charge in [-0.05, 0) is 31.0 Å². The number of fused-ring (bicyclic) bond motifs is 1. The number of unbranched alkanes of at least 4 members (excludes halogenated alkanes) is 17. The topological polar surface area (TPSA) is 81.3 Å². The van der Waals surface area contributed by atoms with Gasteiger partial charge >= 0.3 is 29.6 Å². The molecule has 2 N–H and O–H groups in total. The predicted molar refractivity (Wildman–Crippen MR) is 139 cm³/mol. The Morgan fingerprint density at radius 2 is 1.09 bits per heavy atom. The molecule has 0 saturated carbocycles. The van der Waals surface area contributed by atoms with Crippen LogP contribution < -0.4 is 40.2 Å². The van der Waals surface area contributed by atoms with Crippen molar-refractivity contribution in [1.82, 2.24) is 0 Å². The summed E-state index contributed by atoms with van der Waals surface area (Å²) < 4.78 is 33.5. The van der Waals surface area contributed by atoms with Crippen LogP contribution in [0.4, 0.5) is 11.4 Å². The molecule has 1 aliphatic rings. The van der Waals surface area contributed by atoms with E-state index in [4.69, 9.17) is 0 Å². The summed E-state index contributed by atoms with van der Waals surface area (Å²) in [4.78, 5) is -0.177. The average molecular weight is 503 g/mol. The minimum atomic E-state index is -4.41. The Labute approximate surface area is 231 Å². The van der Waals surface area contributed by atoms with Gasteiger partial charge in [-0.2, -0.15) is 0 Å². The molecule has 190 valence electrons. The van der Waals surface area contributed by atoms with E-state index in [0.717, 1.165) is 18.5 Å². The first kappa shape index (κ1) is 31.8. The van der Waals surface area contributed by atoms with Crippen molar-refractivity contribution in [3.8, 4) is 0 Å². The second-order valence-electron chi connectivity index (χ2n) is 9.80. The fraction of sp³-hybridized carbons (Fsp3) is 0.778. The van der Waals surface area contributed by atoms with E-state index in [9.17, 15) is 13.0 Å². The van der Waals surface area contributed by atoms with Crippen LogP contribution in [-0.2, 0) is 10.1 Å². The molecule has 0 amide bonds. The summed E-state index contributed by atoms with van der Waals surface area (Å²) in [7, 11) is -4.41. The summed E-state index contributed by atoms with van der Waals surface area (Å²) in [6.45, 7) is 2.28. The summed E-state index contributed by atoms with van der Waals surface area (Å²) in [5.74, 6) is 0. The molecule has 34 heavy (non-hydrogen) atoms.